The van der Waals surface area contributed by atoms with Crippen LogP contribution in [0.1, 0.15) is 58.3 Å². The summed E-state index contributed by atoms with van der Waals surface area (Å²) in [5.41, 5.74) is 0. The van der Waals surface area contributed by atoms with Crippen LogP contribution in [0.5, 0.6) is 0 Å². The summed E-state index contributed by atoms with van der Waals surface area (Å²) in [6.45, 7) is 2.19. The summed E-state index contributed by atoms with van der Waals surface area (Å²) in [5, 5.41) is 0. The molecule has 0 rings (SSSR count). The van der Waals surface area contributed by atoms with Crippen molar-refractivity contribution in [1.82, 2.24) is 0 Å². The molecule has 0 aliphatic carbocycles. The van der Waals surface area contributed by atoms with Crippen LogP contribution in [0.15, 0.2) is 12.2 Å². The summed E-state index contributed by atoms with van der Waals surface area (Å²) in [5.74, 6) is -0.0853. The van der Waals surface area contributed by atoms with Crippen molar-refractivity contribution in [2.24, 2.45) is 0 Å². The number of carbonyl (C=O) groups is 1. The van der Waals surface area contributed by atoms with Crippen molar-refractivity contribution in [3.63, 3.8) is 0 Å². The molecule has 0 spiro atoms. The summed E-state index contributed by atoms with van der Waals surface area (Å²) < 4.78 is 4.57. The molecule has 0 aromatic heterocycles. The molecule has 0 bridgehead atoms. The average molecular weight is 212 g/mol. The predicted octanol–water partition coefficient (Wildman–Crippen LogP) is 3.86. The minimum absolute atomic E-state index is 0.0853. The standard InChI is InChI=1S/C13H24O2/c1-3-4-5-6-7-8-9-10-11-12-13(14)15-2/h5-6H,3-4,7-12H2,1-2H3. The zero-order valence-corrected chi connectivity index (χ0v) is 10.1. The number of ether oxygens (including phenoxy) is 1. The first-order valence-corrected chi connectivity index (χ1v) is 6.03. The Kier molecular flexibility index (Phi) is 10.7. The molecule has 0 saturated carbocycles. The second kappa shape index (κ2) is 11.3. The Balaban J connectivity index is 3.08. The molecule has 88 valence electrons. The van der Waals surface area contributed by atoms with Crippen LogP contribution in [-0.2, 0) is 9.53 Å². The molecular formula is C13H24O2. The number of methoxy groups -OCH3 is 1. The topological polar surface area (TPSA) is 26.3 Å². The highest BCUT2D eigenvalue weighted by molar-refractivity contribution is 5.68. The molecule has 0 radical (unpaired) electrons. The fourth-order valence-corrected chi connectivity index (χ4v) is 1.39. The Morgan fingerprint density at radius 2 is 1.73 bits per heavy atom. The molecule has 0 amide bonds. The van der Waals surface area contributed by atoms with Gasteiger partial charge >= 0.3 is 5.97 Å². The summed E-state index contributed by atoms with van der Waals surface area (Å²) in [6.07, 6.45) is 13.3. The number of allylic oxidation sites excluding steroid dienone is 2. The SMILES string of the molecule is CCCC=CCCCCCCC(=O)OC. The highest BCUT2D eigenvalue weighted by Crippen LogP contribution is 2.06. The third kappa shape index (κ3) is 11.1. The molecule has 0 aliphatic heterocycles. The van der Waals surface area contributed by atoms with Crippen LogP contribution >= 0.6 is 0 Å². The van der Waals surface area contributed by atoms with E-state index >= 15 is 0 Å². The number of rotatable bonds is 9. The smallest absolute Gasteiger partial charge is 0.305 e. The van der Waals surface area contributed by atoms with Gasteiger partial charge in [0.25, 0.3) is 0 Å². The van der Waals surface area contributed by atoms with Crippen molar-refractivity contribution in [3.8, 4) is 0 Å². The molecular weight excluding hydrogens is 188 g/mol. The number of hydrogen-bond donors (Lipinski definition) is 0. The molecule has 0 fully saturated rings. The lowest BCUT2D eigenvalue weighted by atomic mass is 10.1. The first kappa shape index (κ1) is 14.2. The van der Waals surface area contributed by atoms with Crippen molar-refractivity contribution < 1.29 is 9.53 Å². The Labute approximate surface area is 93.7 Å². The fourth-order valence-electron chi connectivity index (χ4n) is 1.39. The van der Waals surface area contributed by atoms with Crippen LogP contribution in [0.25, 0.3) is 0 Å². The van der Waals surface area contributed by atoms with Crippen molar-refractivity contribution in [2.45, 2.75) is 58.3 Å². The van der Waals surface area contributed by atoms with Crippen molar-refractivity contribution in [2.75, 3.05) is 7.11 Å². The molecule has 0 heterocycles. The van der Waals surface area contributed by atoms with Gasteiger partial charge < -0.3 is 4.74 Å². The maximum absolute atomic E-state index is 10.8. The maximum atomic E-state index is 10.8. The first-order valence-electron chi connectivity index (χ1n) is 6.03. The molecule has 0 N–H and O–H groups in total. The summed E-state index contributed by atoms with van der Waals surface area (Å²) in [6, 6.07) is 0. The zero-order valence-electron chi connectivity index (χ0n) is 10.1. The van der Waals surface area contributed by atoms with Gasteiger partial charge in [-0.25, -0.2) is 0 Å². The Morgan fingerprint density at radius 3 is 2.40 bits per heavy atom. The Bertz CT molecular complexity index is 173. The minimum Gasteiger partial charge on any atom is -0.469 e. The van der Waals surface area contributed by atoms with Crippen molar-refractivity contribution in [1.29, 1.82) is 0 Å². The van der Waals surface area contributed by atoms with Gasteiger partial charge in [0.1, 0.15) is 0 Å². The van der Waals surface area contributed by atoms with E-state index in [0.29, 0.717) is 6.42 Å². The molecule has 0 aromatic carbocycles. The quantitative estimate of drug-likeness (QED) is 0.329. The molecule has 0 aliphatic rings. The van der Waals surface area contributed by atoms with Gasteiger partial charge in [-0.2, -0.15) is 0 Å². The predicted molar refractivity (Wildman–Crippen MR) is 63.8 cm³/mol. The highest BCUT2D eigenvalue weighted by atomic mass is 16.5. The van der Waals surface area contributed by atoms with E-state index in [2.05, 4.69) is 23.8 Å². The van der Waals surface area contributed by atoms with E-state index in [1.54, 1.807) is 0 Å². The van der Waals surface area contributed by atoms with Gasteiger partial charge in [0, 0.05) is 6.42 Å². The van der Waals surface area contributed by atoms with Gasteiger partial charge in [0.2, 0.25) is 0 Å². The van der Waals surface area contributed by atoms with E-state index in [9.17, 15) is 4.79 Å². The molecule has 15 heavy (non-hydrogen) atoms. The molecule has 0 atom stereocenters. The normalized spacial score (nSPS) is 10.8. The van der Waals surface area contributed by atoms with Gasteiger partial charge in [0.15, 0.2) is 0 Å². The van der Waals surface area contributed by atoms with E-state index in [4.69, 9.17) is 0 Å². The van der Waals surface area contributed by atoms with E-state index in [0.717, 1.165) is 12.8 Å². The van der Waals surface area contributed by atoms with E-state index in [1.807, 2.05) is 0 Å². The van der Waals surface area contributed by atoms with Crippen LogP contribution < -0.4 is 0 Å². The summed E-state index contributed by atoms with van der Waals surface area (Å²) >= 11 is 0. The van der Waals surface area contributed by atoms with Crippen LogP contribution in [0, 0.1) is 0 Å². The van der Waals surface area contributed by atoms with Crippen molar-refractivity contribution >= 4 is 5.97 Å². The number of unbranched alkanes of at least 4 members (excludes halogenated alkanes) is 5. The Morgan fingerprint density at radius 1 is 1.07 bits per heavy atom. The monoisotopic (exact) mass is 212 g/mol. The van der Waals surface area contributed by atoms with Crippen LogP contribution in [0.2, 0.25) is 0 Å². The summed E-state index contributed by atoms with van der Waals surface area (Å²) in [4.78, 5) is 10.8. The largest absolute Gasteiger partial charge is 0.469 e. The number of carbonyl (C=O) groups excluding carboxylic acids is 1. The lowest BCUT2D eigenvalue weighted by Gasteiger charge is -1.99. The maximum Gasteiger partial charge on any atom is 0.305 e. The third-order valence-corrected chi connectivity index (χ3v) is 2.35. The highest BCUT2D eigenvalue weighted by Gasteiger charge is 1.98. The van der Waals surface area contributed by atoms with Gasteiger partial charge in [-0.1, -0.05) is 38.3 Å². The fraction of sp³-hybridized carbons (Fsp3) is 0.769. The second-order valence-corrected chi connectivity index (χ2v) is 3.79. The summed E-state index contributed by atoms with van der Waals surface area (Å²) in [7, 11) is 1.45. The van der Waals surface area contributed by atoms with Gasteiger partial charge in [-0.15, -0.1) is 0 Å². The molecule has 2 nitrogen and oxygen atoms in total. The van der Waals surface area contributed by atoms with Crippen LogP contribution in [0.4, 0.5) is 0 Å². The molecule has 2 heteroatoms. The lowest BCUT2D eigenvalue weighted by molar-refractivity contribution is -0.140. The first-order chi connectivity index (χ1) is 7.31. The van der Waals surface area contributed by atoms with Crippen molar-refractivity contribution in [3.05, 3.63) is 12.2 Å². The molecule has 0 aromatic rings. The number of hydrogen-bond acceptors (Lipinski definition) is 2. The third-order valence-electron chi connectivity index (χ3n) is 2.35. The van der Waals surface area contributed by atoms with Crippen LogP contribution in [-0.4, -0.2) is 13.1 Å². The van der Waals surface area contributed by atoms with E-state index in [-0.39, 0.29) is 5.97 Å². The van der Waals surface area contributed by atoms with E-state index in [1.165, 1.54) is 39.2 Å². The Hall–Kier alpha value is -0.790. The van der Waals surface area contributed by atoms with Gasteiger partial charge in [-0.3, -0.25) is 4.79 Å². The average Bonchev–Trinajstić information content (AvgIpc) is 2.26. The zero-order chi connectivity index (χ0) is 11.4. The molecule has 0 saturated heterocycles. The van der Waals surface area contributed by atoms with Crippen LogP contribution in [0.3, 0.4) is 0 Å². The second-order valence-electron chi connectivity index (χ2n) is 3.79. The lowest BCUT2D eigenvalue weighted by Crippen LogP contribution is -1.98. The van der Waals surface area contributed by atoms with Gasteiger partial charge in [0.05, 0.1) is 7.11 Å². The molecule has 0 unspecified atom stereocenters. The minimum atomic E-state index is -0.0853. The number of esters is 1. The van der Waals surface area contributed by atoms with E-state index < -0.39 is 0 Å². The van der Waals surface area contributed by atoms with Gasteiger partial charge in [-0.05, 0) is 25.7 Å².